The maximum atomic E-state index is 11.8. The molecule has 2 aromatic rings. The van der Waals surface area contributed by atoms with Gasteiger partial charge >= 0.3 is 0 Å². The molecule has 0 fully saturated rings. The van der Waals surface area contributed by atoms with Gasteiger partial charge in [0.2, 0.25) is 5.91 Å². The van der Waals surface area contributed by atoms with Crippen molar-refractivity contribution in [1.82, 2.24) is 0 Å². The average molecular weight is 350 g/mol. The van der Waals surface area contributed by atoms with Crippen LogP contribution in [0.3, 0.4) is 0 Å². The van der Waals surface area contributed by atoms with Crippen molar-refractivity contribution >= 4 is 33.6 Å². The van der Waals surface area contributed by atoms with Crippen molar-refractivity contribution in [1.29, 1.82) is 0 Å². The zero-order valence-electron chi connectivity index (χ0n) is 11.0. The number of hydrogen-bond acceptors (Lipinski definition) is 4. The van der Waals surface area contributed by atoms with E-state index in [1.54, 1.807) is 36.4 Å². The molecule has 1 amide bonds. The maximum Gasteiger partial charge on any atom is 0.248 e. The Balaban J connectivity index is 1.66. The fourth-order valence-electron chi connectivity index (χ4n) is 1.88. The minimum absolute atomic E-state index is 0.251. The molecule has 0 saturated carbocycles. The van der Waals surface area contributed by atoms with E-state index in [2.05, 4.69) is 21.2 Å². The van der Waals surface area contributed by atoms with Gasteiger partial charge in [-0.15, -0.1) is 0 Å². The van der Waals surface area contributed by atoms with Gasteiger partial charge in [-0.3, -0.25) is 4.79 Å². The van der Waals surface area contributed by atoms with Gasteiger partial charge in [0.1, 0.15) is 19.0 Å². The van der Waals surface area contributed by atoms with Crippen LogP contribution in [0, 0.1) is 0 Å². The minimum Gasteiger partial charge on any atom is -0.486 e. The number of nitrogens with one attached hydrogen (secondary N) is 1. The van der Waals surface area contributed by atoms with E-state index in [9.17, 15) is 4.79 Å². The van der Waals surface area contributed by atoms with Gasteiger partial charge in [0.05, 0.1) is 0 Å². The van der Waals surface area contributed by atoms with Gasteiger partial charge < -0.3 is 19.2 Å². The third-order valence-electron chi connectivity index (χ3n) is 2.80. The number of ether oxygens (including phenoxy) is 2. The number of benzene rings is 1. The van der Waals surface area contributed by atoms with Gasteiger partial charge in [-0.25, -0.2) is 0 Å². The van der Waals surface area contributed by atoms with Gasteiger partial charge in [-0.1, -0.05) is 0 Å². The van der Waals surface area contributed by atoms with E-state index in [4.69, 9.17) is 13.9 Å². The summed E-state index contributed by atoms with van der Waals surface area (Å²) in [5.41, 5.74) is 0.648. The van der Waals surface area contributed by atoms with Gasteiger partial charge in [0.15, 0.2) is 16.2 Å². The zero-order chi connectivity index (χ0) is 14.7. The van der Waals surface area contributed by atoms with Crippen LogP contribution in [0.1, 0.15) is 5.76 Å². The summed E-state index contributed by atoms with van der Waals surface area (Å²) < 4.78 is 16.8. The summed E-state index contributed by atoms with van der Waals surface area (Å²) in [6.45, 7) is 1.05. The first kappa shape index (κ1) is 13.8. The lowest BCUT2D eigenvalue weighted by molar-refractivity contribution is -0.111. The Bertz CT molecular complexity index is 693. The quantitative estimate of drug-likeness (QED) is 0.862. The fraction of sp³-hybridized carbons (Fsp3) is 0.133. The number of carbonyl (C=O) groups is 1. The molecule has 1 aromatic heterocycles. The Morgan fingerprint density at radius 3 is 2.71 bits per heavy atom. The second kappa shape index (κ2) is 6.05. The number of rotatable bonds is 3. The monoisotopic (exact) mass is 349 g/mol. The molecule has 3 rings (SSSR count). The number of halogens is 1. The van der Waals surface area contributed by atoms with Gasteiger partial charge in [-0.05, 0) is 46.3 Å². The molecule has 0 bridgehead atoms. The molecule has 0 unspecified atom stereocenters. The molecule has 1 aliphatic heterocycles. The highest BCUT2D eigenvalue weighted by atomic mass is 79.9. The molecule has 0 saturated heterocycles. The van der Waals surface area contributed by atoms with Crippen LogP contribution >= 0.6 is 15.9 Å². The number of anilines is 1. The number of fused-ring (bicyclic) bond motifs is 1. The van der Waals surface area contributed by atoms with Gasteiger partial charge in [0, 0.05) is 17.8 Å². The molecule has 108 valence electrons. The molecule has 2 heterocycles. The summed E-state index contributed by atoms with van der Waals surface area (Å²) in [7, 11) is 0. The first-order chi connectivity index (χ1) is 10.2. The standard InChI is InChI=1S/C15H12BrNO4/c16-14-5-2-11(21-14)3-6-15(18)17-10-1-4-12-13(9-10)20-8-7-19-12/h1-6,9H,7-8H2,(H,17,18)/b6-3+. The summed E-state index contributed by atoms with van der Waals surface area (Å²) in [4.78, 5) is 11.8. The van der Waals surface area contributed by atoms with Crippen LogP contribution in [0.15, 0.2) is 45.5 Å². The van der Waals surface area contributed by atoms with Crippen molar-refractivity contribution in [2.75, 3.05) is 18.5 Å². The van der Waals surface area contributed by atoms with E-state index < -0.39 is 0 Å². The van der Waals surface area contributed by atoms with Crippen LogP contribution in [-0.4, -0.2) is 19.1 Å². The molecule has 0 radical (unpaired) electrons. The Morgan fingerprint density at radius 2 is 1.95 bits per heavy atom. The second-order valence-corrected chi connectivity index (χ2v) is 5.10. The lowest BCUT2D eigenvalue weighted by atomic mass is 10.2. The van der Waals surface area contributed by atoms with E-state index in [0.717, 1.165) is 0 Å². The second-order valence-electron chi connectivity index (χ2n) is 4.32. The van der Waals surface area contributed by atoms with Crippen LogP contribution < -0.4 is 14.8 Å². The first-order valence-electron chi connectivity index (χ1n) is 6.35. The van der Waals surface area contributed by atoms with E-state index in [1.165, 1.54) is 6.08 Å². The average Bonchev–Trinajstić information content (AvgIpc) is 2.91. The first-order valence-corrected chi connectivity index (χ1v) is 7.14. The molecule has 21 heavy (non-hydrogen) atoms. The van der Waals surface area contributed by atoms with Crippen molar-refractivity contribution in [3.05, 3.63) is 46.8 Å². The summed E-state index contributed by atoms with van der Waals surface area (Å²) in [5, 5.41) is 2.75. The molecule has 0 aliphatic carbocycles. The highest BCUT2D eigenvalue weighted by Gasteiger charge is 2.12. The number of furan rings is 1. The van der Waals surface area contributed by atoms with Crippen LogP contribution in [0.5, 0.6) is 11.5 Å². The third-order valence-corrected chi connectivity index (χ3v) is 3.23. The SMILES string of the molecule is O=C(/C=C/c1ccc(Br)o1)Nc1ccc2c(c1)OCCO2. The van der Waals surface area contributed by atoms with E-state index in [0.29, 0.717) is 40.8 Å². The number of hydrogen-bond donors (Lipinski definition) is 1. The zero-order valence-corrected chi connectivity index (χ0v) is 12.6. The number of amides is 1. The molecule has 1 N–H and O–H groups in total. The van der Waals surface area contributed by atoms with Crippen molar-refractivity contribution in [2.45, 2.75) is 0 Å². The summed E-state index contributed by atoms with van der Waals surface area (Å²) in [5.74, 6) is 1.67. The fourth-order valence-corrected chi connectivity index (χ4v) is 2.20. The van der Waals surface area contributed by atoms with Crippen LogP contribution in [0.25, 0.3) is 6.08 Å². The maximum absolute atomic E-state index is 11.8. The molecule has 5 nitrogen and oxygen atoms in total. The summed E-state index contributed by atoms with van der Waals surface area (Å²) in [6, 6.07) is 8.81. The molecule has 1 aliphatic rings. The molecular weight excluding hydrogens is 338 g/mol. The topological polar surface area (TPSA) is 60.7 Å². The predicted octanol–water partition coefficient (Wildman–Crippen LogP) is 3.47. The highest BCUT2D eigenvalue weighted by Crippen LogP contribution is 2.32. The third kappa shape index (κ3) is 3.46. The normalized spacial score (nSPS) is 13.4. The number of carbonyl (C=O) groups excluding carboxylic acids is 1. The Labute approximate surface area is 129 Å². The Hall–Kier alpha value is -2.21. The predicted molar refractivity (Wildman–Crippen MR) is 81.5 cm³/mol. The molecule has 1 aromatic carbocycles. The van der Waals surface area contributed by atoms with Crippen LogP contribution in [0.4, 0.5) is 5.69 Å². The smallest absolute Gasteiger partial charge is 0.248 e. The van der Waals surface area contributed by atoms with E-state index in [1.807, 2.05) is 0 Å². The minimum atomic E-state index is -0.251. The lowest BCUT2D eigenvalue weighted by Gasteiger charge is -2.18. The van der Waals surface area contributed by atoms with Crippen molar-refractivity contribution in [2.24, 2.45) is 0 Å². The lowest BCUT2D eigenvalue weighted by Crippen LogP contribution is -2.16. The van der Waals surface area contributed by atoms with E-state index in [-0.39, 0.29) is 5.91 Å². The molecule has 0 spiro atoms. The highest BCUT2D eigenvalue weighted by molar-refractivity contribution is 9.10. The summed E-state index contributed by atoms with van der Waals surface area (Å²) in [6.07, 6.45) is 3.00. The molecule has 6 heteroatoms. The van der Waals surface area contributed by atoms with Gasteiger partial charge in [-0.2, -0.15) is 0 Å². The summed E-state index contributed by atoms with van der Waals surface area (Å²) >= 11 is 3.20. The van der Waals surface area contributed by atoms with Crippen LogP contribution in [0.2, 0.25) is 0 Å². The largest absolute Gasteiger partial charge is 0.486 e. The van der Waals surface area contributed by atoms with Crippen molar-refractivity contribution in [3.63, 3.8) is 0 Å². The Morgan fingerprint density at radius 1 is 1.14 bits per heavy atom. The van der Waals surface area contributed by atoms with Crippen LogP contribution in [-0.2, 0) is 4.79 Å². The van der Waals surface area contributed by atoms with Crippen molar-refractivity contribution in [3.8, 4) is 11.5 Å². The Kier molecular flexibility index (Phi) is 3.96. The molecule has 0 atom stereocenters. The molecular formula is C15H12BrNO4. The van der Waals surface area contributed by atoms with Gasteiger partial charge in [0.25, 0.3) is 0 Å². The van der Waals surface area contributed by atoms with Crippen molar-refractivity contribution < 1.29 is 18.7 Å². The van der Waals surface area contributed by atoms with E-state index >= 15 is 0 Å².